The second-order valence-corrected chi connectivity index (χ2v) is 15.2. The van der Waals surface area contributed by atoms with E-state index in [-0.39, 0.29) is 41.2 Å². The summed E-state index contributed by atoms with van der Waals surface area (Å²) in [7, 11) is 0. The van der Waals surface area contributed by atoms with Crippen LogP contribution in [0.4, 0.5) is 17.1 Å². The minimum absolute atomic E-state index is 0.0383. The van der Waals surface area contributed by atoms with Gasteiger partial charge in [0.2, 0.25) is 17.5 Å². The van der Waals surface area contributed by atoms with Crippen LogP contribution in [0.25, 0.3) is 4.85 Å². The number of piperidine rings is 2. The molecule has 1 spiro atoms. The molecule has 4 saturated heterocycles. The van der Waals surface area contributed by atoms with Gasteiger partial charge in [-0.2, -0.15) is 0 Å². The number of fused-ring (bicyclic) bond motifs is 1. The summed E-state index contributed by atoms with van der Waals surface area (Å²) >= 11 is 6.30. The number of piperazine rings is 1. The zero-order valence-electron chi connectivity index (χ0n) is 29.6. The first-order chi connectivity index (χ1) is 26.0. The van der Waals surface area contributed by atoms with Gasteiger partial charge in [-0.25, -0.2) is 4.85 Å². The van der Waals surface area contributed by atoms with Gasteiger partial charge in [-0.15, -0.1) is 0 Å². The Hall–Kier alpha value is -5.74. The lowest BCUT2D eigenvalue weighted by Gasteiger charge is -2.39. The molecule has 1 N–H and O–H groups in total. The van der Waals surface area contributed by atoms with Crippen LogP contribution in [-0.4, -0.2) is 109 Å². The Balaban J connectivity index is 0.835. The second kappa shape index (κ2) is 13.9. The number of rotatable bonds is 5. The van der Waals surface area contributed by atoms with Crippen LogP contribution in [0.15, 0.2) is 60.7 Å². The molecule has 0 bridgehead atoms. The number of halogens is 1. The molecule has 1 atom stereocenters. The molecule has 1 unspecified atom stereocenters. The maximum atomic E-state index is 13.5. The largest absolute Gasteiger partial charge is 0.371 e. The van der Waals surface area contributed by atoms with Crippen LogP contribution in [0.2, 0.25) is 5.02 Å². The van der Waals surface area contributed by atoms with Crippen LogP contribution in [-0.2, 0) is 9.59 Å². The maximum Gasteiger partial charge on any atom is 0.262 e. The van der Waals surface area contributed by atoms with Crippen molar-refractivity contribution in [2.75, 3.05) is 62.2 Å². The first-order valence-corrected chi connectivity index (χ1v) is 18.6. The van der Waals surface area contributed by atoms with Crippen LogP contribution < -0.4 is 15.1 Å². The van der Waals surface area contributed by atoms with Crippen molar-refractivity contribution in [3.8, 4) is 0 Å². The first kappa shape index (κ1) is 35.3. The van der Waals surface area contributed by atoms with Gasteiger partial charge in [-0.3, -0.25) is 39.0 Å². The Morgan fingerprint density at radius 2 is 1.31 bits per heavy atom. The van der Waals surface area contributed by atoms with Crippen LogP contribution >= 0.6 is 11.6 Å². The quantitative estimate of drug-likeness (QED) is 0.300. The molecule has 8 rings (SSSR count). The highest BCUT2D eigenvalue weighted by molar-refractivity contribution is 6.33. The summed E-state index contributed by atoms with van der Waals surface area (Å²) in [6.45, 7) is 12.3. The first-order valence-electron chi connectivity index (χ1n) is 18.3. The Labute approximate surface area is 317 Å². The Bertz CT molecular complexity index is 2130. The number of benzene rings is 3. The second-order valence-electron chi connectivity index (χ2n) is 14.7. The molecule has 3 aromatic carbocycles. The van der Waals surface area contributed by atoms with E-state index in [1.165, 1.54) is 0 Å². The Kier molecular flexibility index (Phi) is 9.09. The number of amides is 6. The fraction of sp³-hybridized carbons (Fsp3) is 0.375. The Morgan fingerprint density at radius 3 is 1.94 bits per heavy atom. The van der Waals surface area contributed by atoms with Crippen molar-refractivity contribution in [3.63, 3.8) is 0 Å². The molecular formula is C40H38ClN7O6. The van der Waals surface area contributed by atoms with Crippen molar-refractivity contribution in [1.82, 2.24) is 20.0 Å². The molecule has 0 radical (unpaired) electrons. The van der Waals surface area contributed by atoms with Crippen LogP contribution in [0.5, 0.6) is 0 Å². The molecular weight excluding hydrogens is 710 g/mol. The summed E-state index contributed by atoms with van der Waals surface area (Å²) in [6, 6.07) is 16.5. The molecule has 0 aliphatic carbocycles. The van der Waals surface area contributed by atoms with E-state index in [1.54, 1.807) is 53.4 Å². The normalized spacial score (nSPS) is 21.0. The molecule has 5 aliphatic heterocycles. The minimum atomic E-state index is -1.02. The average Bonchev–Trinajstić information content (AvgIpc) is 3.71. The molecule has 4 fully saturated rings. The predicted molar refractivity (Wildman–Crippen MR) is 200 cm³/mol. The molecule has 13 nitrogen and oxygen atoms in total. The average molecular weight is 748 g/mol. The van der Waals surface area contributed by atoms with Crippen LogP contribution in [0.1, 0.15) is 73.5 Å². The fourth-order valence-corrected chi connectivity index (χ4v) is 8.69. The third-order valence-electron chi connectivity index (χ3n) is 11.7. The van der Waals surface area contributed by atoms with Crippen molar-refractivity contribution in [2.45, 2.75) is 38.1 Å². The van der Waals surface area contributed by atoms with Crippen molar-refractivity contribution in [1.29, 1.82) is 0 Å². The summed E-state index contributed by atoms with van der Waals surface area (Å²) in [5.74, 6) is -2.34. The number of likely N-dealkylation sites (tertiary alicyclic amines) is 1. The van der Waals surface area contributed by atoms with Gasteiger partial charge in [0, 0.05) is 86.3 Å². The smallest absolute Gasteiger partial charge is 0.262 e. The topological polar surface area (TPSA) is 135 Å². The number of imide groups is 2. The zero-order chi connectivity index (χ0) is 37.7. The standard InChI is InChI=1S/C40H38ClN7O6/c1-42-32-9-7-28(23-31(32)41)47-17-14-40(24-47)12-15-45(16-13-40)36(51)25-2-4-26(5-3-25)37(52)46-20-18-44(19-21-46)27-6-8-29-30(22-27)39(54)48(38(29)53)33-10-11-34(49)43-35(33)50/h2-9,22-23,33H,10-21,24H2,(H,43,49,50). The number of carbonyl (C=O) groups is 6. The van der Waals surface area contributed by atoms with E-state index in [2.05, 4.69) is 15.1 Å². The summed E-state index contributed by atoms with van der Waals surface area (Å²) in [6.07, 6.45) is 3.01. The van der Waals surface area contributed by atoms with Gasteiger partial charge in [-0.05, 0) is 85.7 Å². The van der Waals surface area contributed by atoms with E-state index in [1.807, 2.05) is 21.9 Å². The van der Waals surface area contributed by atoms with Gasteiger partial charge >= 0.3 is 0 Å². The van der Waals surface area contributed by atoms with Gasteiger partial charge < -0.3 is 19.6 Å². The van der Waals surface area contributed by atoms with Crippen LogP contribution in [0, 0.1) is 12.0 Å². The van der Waals surface area contributed by atoms with E-state index in [4.69, 9.17) is 18.2 Å². The number of hydrogen-bond acceptors (Lipinski definition) is 8. The molecule has 5 heterocycles. The molecule has 54 heavy (non-hydrogen) atoms. The van der Waals surface area contributed by atoms with Crippen molar-refractivity contribution in [3.05, 3.63) is 99.4 Å². The van der Waals surface area contributed by atoms with Crippen LogP contribution in [0.3, 0.4) is 0 Å². The highest BCUT2D eigenvalue weighted by atomic mass is 35.5. The van der Waals surface area contributed by atoms with Gasteiger partial charge in [0.15, 0.2) is 0 Å². The number of anilines is 2. The van der Waals surface area contributed by atoms with Crippen molar-refractivity contribution in [2.24, 2.45) is 5.41 Å². The van der Waals surface area contributed by atoms with Gasteiger partial charge in [-0.1, -0.05) is 17.7 Å². The van der Waals surface area contributed by atoms with Gasteiger partial charge in [0.25, 0.3) is 23.6 Å². The zero-order valence-corrected chi connectivity index (χ0v) is 30.3. The van der Waals surface area contributed by atoms with Crippen molar-refractivity contribution >= 4 is 64.1 Å². The predicted octanol–water partition coefficient (Wildman–Crippen LogP) is 4.39. The number of nitrogens with one attached hydrogen (secondary N) is 1. The summed E-state index contributed by atoms with van der Waals surface area (Å²) in [4.78, 5) is 89.8. The van der Waals surface area contributed by atoms with E-state index in [0.717, 1.165) is 48.6 Å². The fourth-order valence-electron chi connectivity index (χ4n) is 8.47. The molecule has 0 aromatic heterocycles. The van der Waals surface area contributed by atoms with E-state index in [9.17, 15) is 28.8 Å². The molecule has 3 aromatic rings. The summed E-state index contributed by atoms with van der Waals surface area (Å²) in [5.41, 5.74) is 3.85. The van der Waals surface area contributed by atoms with Gasteiger partial charge in [0.05, 0.1) is 17.7 Å². The lowest BCUT2D eigenvalue weighted by molar-refractivity contribution is -0.136. The monoisotopic (exact) mass is 747 g/mol. The van der Waals surface area contributed by atoms with E-state index < -0.39 is 29.7 Å². The highest BCUT2D eigenvalue weighted by Gasteiger charge is 2.45. The molecule has 5 aliphatic rings. The SMILES string of the molecule is [C-]#[N+]c1ccc(N2CCC3(CCN(C(=O)c4ccc(C(=O)N5CCN(c6ccc7c(c6)C(=O)N(C6CCC(=O)NC6=O)C7=O)CC5)cc4)CC3)C2)cc1Cl. The van der Waals surface area contributed by atoms with Crippen molar-refractivity contribution < 1.29 is 28.8 Å². The third kappa shape index (κ3) is 6.34. The molecule has 6 amide bonds. The van der Waals surface area contributed by atoms with Gasteiger partial charge in [0.1, 0.15) is 6.04 Å². The third-order valence-corrected chi connectivity index (χ3v) is 12.0. The minimum Gasteiger partial charge on any atom is -0.371 e. The maximum absolute atomic E-state index is 13.5. The number of nitrogens with zero attached hydrogens (tertiary/aromatic N) is 6. The lowest BCUT2D eigenvalue weighted by Crippen LogP contribution is -2.54. The number of hydrogen-bond donors (Lipinski definition) is 1. The summed E-state index contributed by atoms with van der Waals surface area (Å²) < 4.78 is 0. The summed E-state index contributed by atoms with van der Waals surface area (Å²) in [5, 5.41) is 2.68. The Morgan fingerprint density at radius 1 is 0.722 bits per heavy atom. The lowest BCUT2D eigenvalue weighted by atomic mass is 9.77. The van der Waals surface area contributed by atoms with E-state index >= 15 is 0 Å². The molecule has 276 valence electrons. The highest BCUT2D eigenvalue weighted by Crippen LogP contribution is 2.43. The van der Waals surface area contributed by atoms with E-state index in [0.29, 0.717) is 61.1 Å². The molecule has 14 heteroatoms. The number of carbonyl (C=O) groups excluding carboxylic acids is 6. The molecule has 0 saturated carbocycles.